The Hall–Kier alpha value is -1.63. The molecular weight excluding hydrogens is 462 g/mol. The highest BCUT2D eigenvalue weighted by atomic mass is 32.2. The van der Waals surface area contributed by atoms with Gasteiger partial charge in [-0.05, 0) is 42.6 Å². The van der Waals surface area contributed by atoms with Crippen LogP contribution in [0.5, 0.6) is 0 Å². The molecule has 0 bridgehead atoms. The fourth-order valence-electron chi connectivity index (χ4n) is 4.41. The molecule has 1 aromatic carbocycles. The number of benzene rings is 1. The summed E-state index contributed by atoms with van der Waals surface area (Å²) in [7, 11) is 2.59. The van der Waals surface area contributed by atoms with Gasteiger partial charge in [0, 0.05) is 47.0 Å². The van der Waals surface area contributed by atoms with Gasteiger partial charge in [0.2, 0.25) is 10.0 Å². The molecule has 1 aliphatic heterocycles. The van der Waals surface area contributed by atoms with Crippen molar-refractivity contribution in [2.24, 2.45) is 11.8 Å². The maximum Gasteiger partial charge on any atom is 0.242 e. The number of aromatic nitrogens is 3. The van der Waals surface area contributed by atoms with Gasteiger partial charge in [-0.2, -0.15) is 5.10 Å². The number of ether oxygens (including phenoxy) is 2. The summed E-state index contributed by atoms with van der Waals surface area (Å²) >= 11 is 5.80. The molecule has 2 aromatic rings. The normalized spacial score (nSPS) is 20.1. The van der Waals surface area contributed by atoms with Gasteiger partial charge in [-0.25, -0.2) is 17.4 Å². The number of rotatable bonds is 9. The molecule has 1 saturated heterocycles. The van der Waals surface area contributed by atoms with E-state index in [-0.39, 0.29) is 4.90 Å². The third-order valence-electron chi connectivity index (χ3n) is 5.93. The van der Waals surface area contributed by atoms with Gasteiger partial charge in [-0.1, -0.05) is 26.0 Å². The zero-order valence-corrected chi connectivity index (χ0v) is 21.9. The minimum atomic E-state index is -3.59. The number of piperidine rings is 1. The van der Waals surface area contributed by atoms with E-state index in [1.54, 1.807) is 32.4 Å². The summed E-state index contributed by atoms with van der Waals surface area (Å²) in [6.45, 7) is 7.43. The molecule has 0 spiro atoms. The van der Waals surface area contributed by atoms with Crippen molar-refractivity contribution in [3.63, 3.8) is 0 Å². The van der Waals surface area contributed by atoms with Crippen LogP contribution in [0.1, 0.15) is 20.3 Å². The molecule has 184 valence electrons. The van der Waals surface area contributed by atoms with Crippen LogP contribution in [0, 0.1) is 16.6 Å². The fourth-order valence-corrected chi connectivity index (χ4v) is 5.62. The van der Waals surface area contributed by atoms with Gasteiger partial charge < -0.3 is 9.47 Å². The lowest BCUT2D eigenvalue weighted by atomic mass is 9.92. The zero-order chi connectivity index (χ0) is 24.3. The van der Waals surface area contributed by atoms with Crippen LogP contribution in [0.4, 0.5) is 0 Å². The first-order valence-corrected chi connectivity index (χ1v) is 12.9. The second-order valence-electron chi connectivity index (χ2n) is 9.06. The first-order chi connectivity index (χ1) is 15.6. The third kappa shape index (κ3) is 5.90. The van der Waals surface area contributed by atoms with Gasteiger partial charge >= 0.3 is 0 Å². The molecule has 0 unspecified atom stereocenters. The summed E-state index contributed by atoms with van der Waals surface area (Å²) in [6.07, 6.45) is 0.703. The van der Waals surface area contributed by atoms with Crippen molar-refractivity contribution in [3.8, 4) is 11.4 Å². The van der Waals surface area contributed by atoms with Gasteiger partial charge in [0.25, 0.3) is 0 Å². The predicted molar refractivity (Wildman–Crippen MR) is 130 cm³/mol. The Kier molecular flexibility index (Phi) is 8.46. The van der Waals surface area contributed by atoms with Crippen LogP contribution in [0.15, 0.2) is 29.2 Å². The molecule has 2 atom stereocenters. The molecule has 0 saturated carbocycles. The highest BCUT2D eigenvalue weighted by Gasteiger charge is 2.25. The monoisotopic (exact) mass is 497 g/mol. The minimum Gasteiger partial charge on any atom is -0.354 e. The molecule has 2 heterocycles. The number of hydrogen-bond donors (Lipinski definition) is 0. The first kappa shape index (κ1) is 26.0. The van der Waals surface area contributed by atoms with Gasteiger partial charge in [0.1, 0.15) is 0 Å². The van der Waals surface area contributed by atoms with Crippen molar-refractivity contribution >= 4 is 22.2 Å². The number of nitrogens with zero attached hydrogens (tertiary/aromatic N) is 5. The van der Waals surface area contributed by atoms with Gasteiger partial charge in [0.05, 0.1) is 18.1 Å². The Bertz CT molecular complexity index is 1100. The van der Waals surface area contributed by atoms with Crippen LogP contribution >= 0.6 is 12.2 Å². The van der Waals surface area contributed by atoms with Gasteiger partial charge in [-0.3, -0.25) is 9.47 Å². The summed E-state index contributed by atoms with van der Waals surface area (Å²) < 4.78 is 41.6. The van der Waals surface area contributed by atoms with Crippen molar-refractivity contribution in [1.29, 1.82) is 0 Å². The van der Waals surface area contributed by atoms with E-state index in [1.807, 2.05) is 15.3 Å². The van der Waals surface area contributed by atoms with Crippen molar-refractivity contribution in [2.75, 3.05) is 41.4 Å². The Morgan fingerprint density at radius 1 is 1.18 bits per heavy atom. The number of sulfonamides is 1. The molecule has 1 fully saturated rings. The van der Waals surface area contributed by atoms with Crippen molar-refractivity contribution in [2.45, 2.75) is 44.7 Å². The number of hydrogen-bond acceptors (Lipinski definition) is 7. The maximum atomic E-state index is 12.7. The number of likely N-dealkylation sites (tertiary alicyclic amines) is 1. The van der Waals surface area contributed by atoms with Gasteiger partial charge in [-0.15, -0.1) is 0 Å². The standard InChI is InChI=1S/C22H35N5O4S2/c1-16-10-17(2)13-25(12-16)15-27-22(32)26(14-20(30-5)31-6)21(23-27)18-8-7-9-19(11-18)33(28,29)24(3)4/h7-9,11,16-17,20H,10,12-15H2,1-6H3/t16-,17-/m0/s1. The van der Waals surface area contributed by atoms with E-state index in [0.29, 0.717) is 41.2 Å². The summed E-state index contributed by atoms with van der Waals surface area (Å²) in [5.74, 6) is 1.81. The first-order valence-electron chi connectivity index (χ1n) is 11.0. The molecule has 0 N–H and O–H groups in total. The lowest BCUT2D eigenvalue weighted by molar-refractivity contribution is -0.111. The molecular formula is C22H35N5O4S2. The Morgan fingerprint density at radius 2 is 1.82 bits per heavy atom. The molecule has 0 aliphatic carbocycles. The molecule has 1 aliphatic rings. The minimum absolute atomic E-state index is 0.200. The largest absolute Gasteiger partial charge is 0.354 e. The third-order valence-corrected chi connectivity index (χ3v) is 8.17. The summed E-state index contributed by atoms with van der Waals surface area (Å²) in [6, 6.07) is 6.77. The topological polar surface area (TPSA) is 81.8 Å². The van der Waals surface area contributed by atoms with E-state index in [0.717, 1.165) is 13.1 Å². The van der Waals surface area contributed by atoms with E-state index >= 15 is 0 Å². The average Bonchev–Trinajstić information content (AvgIpc) is 3.06. The van der Waals surface area contributed by atoms with E-state index < -0.39 is 16.3 Å². The van der Waals surface area contributed by atoms with Crippen LogP contribution in [-0.2, 0) is 32.7 Å². The molecule has 33 heavy (non-hydrogen) atoms. The van der Waals surface area contributed by atoms with Crippen molar-refractivity contribution in [3.05, 3.63) is 29.0 Å². The zero-order valence-electron chi connectivity index (χ0n) is 20.3. The van der Waals surface area contributed by atoms with Crippen LogP contribution in [0.25, 0.3) is 11.4 Å². The van der Waals surface area contributed by atoms with Crippen molar-refractivity contribution < 1.29 is 17.9 Å². The quantitative estimate of drug-likeness (QED) is 0.389. The lowest BCUT2D eigenvalue weighted by Crippen LogP contribution is -2.39. The van der Waals surface area contributed by atoms with Crippen LogP contribution in [-0.4, -0.2) is 79.7 Å². The maximum absolute atomic E-state index is 12.7. The Labute approximate surface area is 201 Å². The highest BCUT2D eigenvalue weighted by molar-refractivity contribution is 7.89. The molecule has 0 radical (unpaired) electrons. The number of methoxy groups -OCH3 is 2. The van der Waals surface area contributed by atoms with Gasteiger partial charge in [0.15, 0.2) is 16.9 Å². The second-order valence-corrected chi connectivity index (χ2v) is 11.6. The van der Waals surface area contributed by atoms with E-state index in [9.17, 15) is 8.42 Å². The smallest absolute Gasteiger partial charge is 0.242 e. The summed E-state index contributed by atoms with van der Waals surface area (Å²) in [4.78, 5) is 2.57. The highest BCUT2D eigenvalue weighted by Crippen LogP contribution is 2.25. The summed E-state index contributed by atoms with van der Waals surface area (Å²) in [5, 5.41) is 4.83. The van der Waals surface area contributed by atoms with Crippen LogP contribution in [0.3, 0.4) is 0 Å². The Balaban J connectivity index is 2.05. The lowest BCUT2D eigenvalue weighted by Gasteiger charge is -2.34. The molecule has 0 amide bonds. The molecule has 11 heteroatoms. The fraction of sp³-hybridized carbons (Fsp3) is 0.636. The average molecular weight is 498 g/mol. The molecule has 1 aromatic heterocycles. The van der Waals surface area contributed by atoms with Crippen molar-refractivity contribution in [1.82, 2.24) is 23.6 Å². The van der Waals surface area contributed by atoms with E-state index in [4.69, 9.17) is 26.8 Å². The predicted octanol–water partition coefficient (Wildman–Crippen LogP) is 2.89. The van der Waals surface area contributed by atoms with Crippen LogP contribution in [0.2, 0.25) is 0 Å². The molecule has 9 nitrogen and oxygen atoms in total. The Morgan fingerprint density at radius 3 is 2.39 bits per heavy atom. The summed E-state index contributed by atoms with van der Waals surface area (Å²) in [5.41, 5.74) is 0.661. The van der Waals surface area contributed by atoms with E-state index in [2.05, 4.69) is 18.7 Å². The SMILES string of the molecule is COC(Cn1c(-c2cccc(S(=O)(=O)N(C)C)c2)nn(CN2C[C@@H](C)C[C@H](C)C2)c1=S)OC. The van der Waals surface area contributed by atoms with E-state index in [1.165, 1.54) is 24.8 Å². The second kappa shape index (κ2) is 10.7. The molecule has 3 rings (SSSR count). The van der Waals surface area contributed by atoms with Crippen LogP contribution < -0.4 is 0 Å².